The molecule has 33 heavy (non-hydrogen) atoms. The highest BCUT2D eigenvalue weighted by atomic mass is 16.5. The summed E-state index contributed by atoms with van der Waals surface area (Å²) in [4.78, 5) is 35.5. The number of hydrogen-bond acceptors (Lipinski definition) is 8. The fourth-order valence-electron chi connectivity index (χ4n) is 3.25. The van der Waals surface area contributed by atoms with Crippen LogP contribution in [0, 0.1) is 13.8 Å². The lowest BCUT2D eigenvalue weighted by Gasteiger charge is -2.09. The normalized spacial score (nSPS) is 10.1. The molecule has 0 aliphatic heterocycles. The average molecular weight is 458 g/mol. The summed E-state index contributed by atoms with van der Waals surface area (Å²) in [6, 6.07) is 6.98. The fraction of sp³-hybridized carbons (Fsp3) is 0.273. The number of nitrogens with zero attached hydrogens (tertiary/aromatic N) is 2. The largest absolute Gasteiger partial charge is 0.493 e. The molecule has 0 fully saturated rings. The number of hydrogen-bond donors (Lipinski definition) is 2. The van der Waals surface area contributed by atoms with Gasteiger partial charge in [-0.2, -0.15) is 9.97 Å². The Morgan fingerprint density at radius 2 is 0.909 bits per heavy atom. The molecular formula is C22H26N4O7. The van der Waals surface area contributed by atoms with Crippen LogP contribution in [-0.4, -0.2) is 53.9 Å². The molecule has 0 spiro atoms. The predicted molar refractivity (Wildman–Crippen MR) is 124 cm³/mol. The number of aryl methyl sites for hydroxylation is 2. The van der Waals surface area contributed by atoms with Gasteiger partial charge in [0.25, 0.3) is 0 Å². The minimum Gasteiger partial charge on any atom is -0.493 e. The van der Waals surface area contributed by atoms with Crippen molar-refractivity contribution < 1.29 is 24.4 Å². The Morgan fingerprint density at radius 3 is 1.21 bits per heavy atom. The molecule has 0 aliphatic carbocycles. The number of aromatic amines is 2. The SMILES string of the molecule is COc1cc2nc(=O)[nH]c(C)c2cc1OC.COc1cc2nc(=O)[nH]c(C)c2cc1OC.O. The summed E-state index contributed by atoms with van der Waals surface area (Å²) in [5.41, 5.74) is 1.99. The Morgan fingerprint density at radius 1 is 0.606 bits per heavy atom. The van der Waals surface area contributed by atoms with Gasteiger partial charge in [-0.05, 0) is 26.0 Å². The van der Waals surface area contributed by atoms with Gasteiger partial charge >= 0.3 is 11.4 Å². The lowest BCUT2D eigenvalue weighted by atomic mass is 10.2. The van der Waals surface area contributed by atoms with Crippen molar-refractivity contribution in [2.24, 2.45) is 0 Å². The minimum atomic E-state index is -0.364. The maximum absolute atomic E-state index is 11.2. The molecule has 4 aromatic rings. The van der Waals surface area contributed by atoms with E-state index in [1.165, 1.54) is 0 Å². The van der Waals surface area contributed by atoms with E-state index in [9.17, 15) is 9.59 Å². The molecule has 0 saturated heterocycles. The Bertz CT molecular complexity index is 1290. The number of methoxy groups -OCH3 is 4. The van der Waals surface area contributed by atoms with Gasteiger partial charge in [-0.15, -0.1) is 0 Å². The molecule has 2 aromatic carbocycles. The maximum atomic E-state index is 11.2. The number of H-pyrrole nitrogens is 2. The lowest BCUT2D eigenvalue weighted by molar-refractivity contribution is 0.355. The summed E-state index contributed by atoms with van der Waals surface area (Å²) >= 11 is 0. The van der Waals surface area contributed by atoms with Crippen LogP contribution in [0.4, 0.5) is 0 Å². The zero-order valence-electron chi connectivity index (χ0n) is 19.2. The van der Waals surface area contributed by atoms with Gasteiger partial charge in [0.05, 0.1) is 39.5 Å². The standard InChI is InChI=1S/2C11H12N2O3.H2O/c2*1-6-7-4-9(15-2)10(16-3)5-8(7)13-11(14)12-6;/h2*4-5H,1-3H3,(H,12,13,14);1H2. The second-order valence-electron chi connectivity index (χ2n) is 6.78. The molecule has 176 valence electrons. The molecule has 0 amide bonds. The third kappa shape index (κ3) is 5.21. The molecule has 2 heterocycles. The topological polar surface area (TPSA) is 160 Å². The fourth-order valence-corrected chi connectivity index (χ4v) is 3.25. The summed E-state index contributed by atoms with van der Waals surface area (Å²) in [7, 11) is 6.23. The van der Waals surface area contributed by atoms with Gasteiger partial charge in [-0.1, -0.05) is 0 Å². The van der Waals surface area contributed by atoms with Crippen molar-refractivity contribution in [3.05, 3.63) is 56.6 Å². The van der Waals surface area contributed by atoms with Crippen molar-refractivity contribution in [2.45, 2.75) is 13.8 Å². The van der Waals surface area contributed by atoms with E-state index in [4.69, 9.17) is 18.9 Å². The first-order valence-corrected chi connectivity index (χ1v) is 9.56. The highest BCUT2D eigenvalue weighted by Crippen LogP contribution is 2.32. The second-order valence-corrected chi connectivity index (χ2v) is 6.78. The van der Waals surface area contributed by atoms with E-state index in [0.29, 0.717) is 34.0 Å². The molecule has 2 aromatic heterocycles. The summed E-state index contributed by atoms with van der Waals surface area (Å²) in [6.07, 6.45) is 0. The van der Waals surface area contributed by atoms with Crippen molar-refractivity contribution in [1.29, 1.82) is 0 Å². The van der Waals surface area contributed by atoms with Crippen LogP contribution < -0.4 is 30.3 Å². The first kappa shape index (κ1) is 25.1. The molecule has 11 heteroatoms. The predicted octanol–water partition coefficient (Wildman–Crippen LogP) is 1.67. The molecule has 4 rings (SSSR count). The molecule has 0 aliphatic rings. The van der Waals surface area contributed by atoms with E-state index in [1.807, 2.05) is 13.8 Å². The van der Waals surface area contributed by atoms with Gasteiger partial charge < -0.3 is 34.4 Å². The van der Waals surface area contributed by atoms with Crippen LogP contribution in [0.3, 0.4) is 0 Å². The molecule has 0 radical (unpaired) electrons. The molecule has 0 saturated carbocycles. The highest BCUT2D eigenvalue weighted by molar-refractivity contribution is 5.85. The molecule has 11 nitrogen and oxygen atoms in total. The lowest BCUT2D eigenvalue weighted by Crippen LogP contribution is -2.11. The number of nitrogens with one attached hydrogen (secondary N) is 2. The van der Waals surface area contributed by atoms with Crippen LogP contribution in [0.1, 0.15) is 11.4 Å². The van der Waals surface area contributed by atoms with E-state index in [2.05, 4.69) is 19.9 Å². The van der Waals surface area contributed by atoms with Gasteiger partial charge in [0.1, 0.15) is 0 Å². The van der Waals surface area contributed by atoms with Crippen molar-refractivity contribution in [3.8, 4) is 23.0 Å². The van der Waals surface area contributed by atoms with Gasteiger partial charge in [0.2, 0.25) is 0 Å². The summed E-state index contributed by atoms with van der Waals surface area (Å²) < 4.78 is 20.7. The van der Waals surface area contributed by atoms with Crippen molar-refractivity contribution in [3.63, 3.8) is 0 Å². The number of benzene rings is 2. The third-order valence-corrected chi connectivity index (χ3v) is 4.84. The summed E-state index contributed by atoms with van der Waals surface area (Å²) in [5, 5.41) is 1.69. The molecule has 0 bridgehead atoms. The third-order valence-electron chi connectivity index (χ3n) is 4.84. The van der Waals surface area contributed by atoms with Gasteiger partial charge in [-0.25, -0.2) is 9.59 Å². The quantitative estimate of drug-likeness (QED) is 0.467. The zero-order valence-corrected chi connectivity index (χ0v) is 19.2. The Kier molecular flexibility index (Phi) is 7.97. The zero-order chi connectivity index (χ0) is 23.4. The van der Waals surface area contributed by atoms with Crippen molar-refractivity contribution in [2.75, 3.05) is 28.4 Å². The van der Waals surface area contributed by atoms with Crippen LogP contribution in [-0.2, 0) is 0 Å². The molecule has 4 N–H and O–H groups in total. The van der Waals surface area contributed by atoms with E-state index < -0.39 is 0 Å². The van der Waals surface area contributed by atoms with Gasteiger partial charge in [0.15, 0.2) is 23.0 Å². The first-order valence-electron chi connectivity index (χ1n) is 9.56. The Labute approximate surface area is 188 Å². The van der Waals surface area contributed by atoms with Gasteiger partial charge in [0, 0.05) is 34.3 Å². The molecular weight excluding hydrogens is 432 g/mol. The Hall–Kier alpha value is -4.12. The maximum Gasteiger partial charge on any atom is 0.345 e. The smallest absolute Gasteiger partial charge is 0.345 e. The van der Waals surface area contributed by atoms with Crippen molar-refractivity contribution >= 4 is 21.8 Å². The van der Waals surface area contributed by atoms with E-state index >= 15 is 0 Å². The van der Waals surface area contributed by atoms with Crippen LogP contribution >= 0.6 is 0 Å². The number of fused-ring (bicyclic) bond motifs is 2. The van der Waals surface area contributed by atoms with E-state index in [0.717, 1.165) is 22.2 Å². The van der Waals surface area contributed by atoms with E-state index in [-0.39, 0.29) is 16.9 Å². The van der Waals surface area contributed by atoms with Gasteiger partial charge in [-0.3, -0.25) is 0 Å². The number of ether oxygens (including phenoxy) is 4. The van der Waals surface area contributed by atoms with Crippen LogP contribution in [0.5, 0.6) is 23.0 Å². The minimum absolute atomic E-state index is 0. The average Bonchev–Trinajstić information content (AvgIpc) is 2.77. The van der Waals surface area contributed by atoms with Crippen LogP contribution in [0.15, 0.2) is 33.9 Å². The molecule has 0 atom stereocenters. The first-order chi connectivity index (χ1) is 15.3. The van der Waals surface area contributed by atoms with E-state index in [1.54, 1.807) is 52.7 Å². The number of aromatic nitrogens is 4. The summed E-state index contributed by atoms with van der Waals surface area (Å²) in [5.74, 6) is 2.36. The molecule has 0 unspecified atom stereocenters. The van der Waals surface area contributed by atoms with Crippen molar-refractivity contribution in [1.82, 2.24) is 19.9 Å². The second kappa shape index (κ2) is 10.5. The number of rotatable bonds is 4. The highest BCUT2D eigenvalue weighted by Gasteiger charge is 2.10. The van der Waals surface area contributed by atoms with Crippen LogP contribution in [0.25, 0.3) is 21.8 Å². The summed E-state index contributed by atoms with van der Waals surface area (Å²) in [6.45, 7) is 3.63. The Balaban J connectivity index is 0.000000227. The van der Waals surface area contributed by atoms with Crippen LogP contribution in [0.2, 0.25) is 0 Å². The monoisotopic (exact) mass is 458 g/mol.